The summed E-state index contributed by atoms with van der Waals surface area (Å²) < 4.78 is 0. The maximum absolute atomic E-state index is 12.5. The Kier molecular flexibility index (Phi) is 3.23. The second-order valence-corrected chi connectivity index (χ2v) is 7.77. The van der Waals surface area contributed by atoms with Crippen LogP contribution in [0.3, 0.4) is 0 Å². The number of carbonyl (C=O) groups excluding carboxylic acids is 1. The number of Topliss-reactive ketones (excluding diaryl/α,β-unsaturated/α-hetero) is 1. The highest BCUT2D eigenvalue weighted by atomic mass is 32.1. The minimum absolute atomic E-state index is 0.262. The molecule has 2 heterocycles. The van der Waals surface area contributed by atoms with E-state index in [2.05, 4.69) is 16.8 Å². The Morgan fingerprint density at radius 3 is 2.38 bits per heavy atom. The average molecular weight is 305 g/mol. The Morgan fingerprint density at radius 1 is 1.14 bits per heavy atom. The molecule has 0 bridgehead atoms. The Labute approximate surface area is 129 Å². The molecular weight excluding hydrogens is 282 g/mol. The zero-order valence-electron chi connectivity index (χ0n) is 12.6. The number of likely N-dealkylation sites (N-methyl/N-ethyl adjacent to an activating group) is 1. The van der Waals surface area contributed by atoms with Crippen LogP contribution in [0.4, 0.5) is 10.7 Å². The van der Waals surface area contributed by atoms with E-state index in [1.165, 1.54) is 23.4 Å². The maximum Gasteiger partial charge on any atom is 0.178 e. The monoisotopic (exact) mass is 305 g/mol. The summed E-state index contributed by atoms with van der Waals surface area (Å²) in [5, 5.41) is 1.30. The number of nitrogen functional groups attached to an aromatic ring is 1. The minimum atomic E-state index is 0.262. The van der Waals surface area contributed by atoms with Crippen LogP contribution in [-0.2, 0) is 0 Å². The number of carbonyl (C=O) groups is 1. The zero-order valence-corrected chi connectivity index (χ0v) is 13.4. The smallest absolute Gasteiger partial charge is 0.178 e. The molecule has 1 aromatic rings. The van der Waals surface area contributed by atoms with Crippen LogP contribution in [0.15, 0.2) is 0 Å². The van der Waals surface area contributed by atoms with Crippen LogP contribution in [-0.4, -0.2) is 43.9 Å². The molecular formula is C16H23N3OS. The molecule has 3 aliphatic rings. The molecule has 1 saturated heterocycles. The van der Waals surface area contributed by atoms with Gasteiger partial charge in [0.15, 0.2) is 5.78 Å². The lowest BCUT2D eigenvalue weighted by atomic mass is 10.1. The van der Waals surface area contributed by atoms with Gasteiger partial charge in [0, 0.05) is 37.7 Å². The van der Waals surface area contributed by atoms with Crippen LogP contribution >= 0.6 is 11.3 Å². The molecule has 2 N–H and O–H groups in total. The van der Waals surface area contributed by atoms with Crippen LogP contribution < -0.4 is 10.6 Å². The summed E-state index contributed by atoms with van der Waals surface area (Å²) in [4.78, 5) is 18.1. The Hall–Kier alpha value is -1.07. The topological polar surface area (TPSA) is 49.6 Å². The molecule has 1 aromatic heterocycles. The number of nitrogens with zero attached hydrogens (tertiary/aromatic N) is 2. The van der Waals surface area contributed by atoms with Gasteiger partial charge in [-0.1, -0.05) is 0 Å². The van der Waals surface area contributed by atoms with Gasteiger partial charge in [-0.2, -0.15) is 0 Å². The molecule has 1 aliphatic heterocycles. The van der Waals surface area contributed by atoms with Gasteiger partial charge in [-0.15, -0.1) is 11.3 Å². The van der Waals surface area contributed by atoms with Crippen LogP contribution in [0.2, 0.25) is 0 Å². The van der Waals surface area contributed by atoms with Crippen molar-refractivity contribution in [3.05, 3.63) is 10.4 Å². The van der Waals surface area contributed by atoms with E-state index in [1.807, 2.05) is 0 Å². The van der Waals surface area contributed by atoms with Crippen molar-refractivity contribution in [1.82, 2.24) is 4.90 Å². The SMILES string of the molecule is CN1CCN(c2sc(C(=O)C3CC3)c(N)c2C2CC2)CC1. The fraction of sp³-hybridized carbons (Fsp3) is 0.688. The van der Waals surface area contributed by atoms with Gasteiger partial charge >= 0.3 is 0 Å². The second-order valence-electron chi connectivity index (χ2n) is 6.77. The van der Waals surface area contributed by atoms with Gasteiger partial charge < -0.3 is 15.5 Å². The molecule has 0 atom stereocenters. The second kappa shape index (κ2) is 4.99. The third-order valence-corrected chi connectivity index (χ3v) is 6.21. The normalized spacial score (nSPS) is 23.6. The van der Waals surface area contributed by atoms with Crippen molar-refractivity contribution in [3.63, 3.8) is 0 Å². The third kappa shape index (κ3) is 2.46. The lowest BCUT2D eigenvalue weighted by molar-refractivity contribution is 0.0972. The van der Waals surface area contributed by atoms with Gasteiger partial charge in [-0.3, -0.25) is 4.79 Å². The Morgan fingerprint density at radius 2 is 1.81 bits per heavy atom. The van der Waals surface area contributed by atoms with Gasteiger partial charge in [0.2, 0.25) is 0 Å². The first-order valence-corrected chi connectivity index (χ1v) is 8.86. The van der Waals surface area contributed by atoms with Gasteiger partial charge in [-0.25, -0.2) is 0 Å². The summed E-state index contributed by atoms with van der Waals surface area (Å²) in [5.41, 5.74) is 8.51. The summed E-state index contributed by atoms with van der Waals surface area (Å²) in [7, 11) is 2.17. The van der Waals surface area contributed by atoms with Crippen LogP contribution in [0.5, 0.6) is 0 Å². The van der Waals surface area contributed by atoms with Crippen molar-refractivity contribution in [2.75, 3.05) is 43.9 Å². The fourth-order valence-electron chi connectivity index (χ4n) is 3.17. The number of hydrogen-bond donors (Lipinski definition) is 1. The molecule has 2 aliphatic carbocycles. The van der Waals surface area contributed by atoms with E-state index in [-0.39, 0.29) is 5.92 Å². The van der Waals surface area contributed by atoms with E-state index in [0.717, 1.165) is 49.6 Å². The molecule has 0 unspecified atom stereocenters. The summed E-state index contributed by atoms with van der Waals surface area (Å²) in [5.74, 6) is 1.18. The van der Waals surface area contributed by atoms with Crippen molar-refractivity contribution in [2.45, 2.75) is 31.6 Å². The predicted molar refractivity (Wildman–Crippen MR) is 87.5 cm³/mol. The molecule has 0 spiro atoms. The van der Waals surface area contributed by atoms with E-state index in [0.29, 0.717) is 11.7 Å². The molecule has 5 heteroatoms. The van der Waals surface area contributed by atoms with Gasteiger partial charge in [0.05, 0.1) is 15.6 Å². The molecule has 21 heavy (non-hydrogen) atoms. The Bertz CT molecular complexity index is 566. The summed E-state index contributed by atoms with van der Waals surface area (Å²) in [6.07, 6.45) is 4.58. The van der Waals surface area contributed by atoms with E-state index in [1.54, 1.807) is 11.3 Å². The highest BCUT2D eigenvalue weighted by molar-refractivity contribution is 7.19. The van der Waals surface area contributed by atoms with Crippen LogP contribution in [0.1, 0.15) is 46.8 Å². The molecule has 4 nitrogen and oxygen atoms in total. The first kappa shape index (κ1) is 13.6. The molecule has 0 amide bonds. The number of rotatable bonds is 4. The Balaban J connectivity index is 1.68. The van der Waals surface area contributed by atoms with Crippen molar-refractivity contribution >= 4 is 27.8 Å². The van der Waals surface area contributed by atoms with Gasteiger partial charge in [0.1, 0.15) is 0 Å². The number of nitrogens with two attached hydrogens (primary N) is 1. The van der Waals surface area contributed by atoms with Crippen molar-refractivity contribution in [3.8, 4) is 0 Å². The minimum Gasteiger partial charge on any atom is -0.397 e. The van der Waals surface area contributed by atoms with Crippen molar-refractivity contribution in [2.24, 2.45) is 5.92 Å². The first-order chi connectivity index (χ1) is 10.1. The van der Waals surface area contributed by atoms with Crippen molar-refractivity contribution in [1.29, 1.82) is 0 Å². The number of anilines is 2. The number of thiophene rings is 1. The van der Waals surface area contributed by atoms with E-state index in [9.17, 15) is 4.79 Å². The van der Waals surface area contributed by atoms with Gasteiger partial charge in [-0.05, 0) is 38.6 Å². The first-order valence-electron chi connectivity index (χ1n) is 8.05. The third-order valence-electron chi connectivity index (χ3n) is 4.91. The molecule has 3 fully saturated rings. The largest absolute Gasteiger partial charge is 0.397 e. The van der Waals surface area contributed by atoms with E-state index >= 15 is 0 Å². The predicted octanol–water partition coefficient (Wildman–Crippen LogP) is 2.55. The summed E-state index contributed by atoms with van der Waals surface area (Å²) >= 11 is 1.67. The molecule has 114 valence electrons. The molecule has 0 radical (unpaired) electrons. The number of hydrogen-bond acceptors (Lipinski definition) is 5. The molecule has 4 rings (SSSR count). The molecule has 0 aromatic carbocycles. The lowest BCUT2D eigenvalue weighted by Gasteiger charge is -2.33. The lowest BCUT2D eigenvalue weighted by Crippen LogP contribution is -2.44. The summed E-state index contributed by atoms with van der Waals surface area (Å²) in [6, 6.07) is 0. The van der Waals surface area contributed by atoms with E-state index in [4.69, 9.17) is 5.73 Å². The standard InChI is InChI=1S/C16H23N3OS/c1-18-6-8-19(9-7-18)16-12(10-2-3-10)13(17)15(21-16)14(20)11-4-5-11/h10-11H,2-9,17H2,1H3. The van der Waals surface area contributed by atoms with Crippen LogP contribution in [0, 0.1) is 5.92 Å². The average Bonchev–Trinajstić information content (AvgIpc) is 3.36. The number of piperazine rings is 1. The highest BCUT2D eigenvalue weighted by Gasteiger charge is 2.38. The fourth-order valence-corrected chi connectivity index (χ4v) is 4.55. The highest BCUT2D eigenvalue weighted by Crippen LogP contribution is 2.53. The van der Waals surface area contributed by atoms with Crippen molar-refractivity contribution < 1.29 is 4.79 Å². The quantitative estimate of drug-likeness (QED) is 0.869. The maximum atomic E-state index is 12.5. The van der Waals surface area contributed by atoms with Crippen LogP contribution in [0.25, 0.3) is 0 Å². The van der Waals surface area contributed by atoms with Gasteiger partial charge in [0.25, 0.3) is 0 Å². The zero-order chi connectivity index (χ0) is 14.6. The summed E-state index contributed by atoms with van der Waals surface area (Å²) in [6.45, 7) is 4.28. The van der Waals surface area contributed by atoms with E-state index < -0.39 is 0 Å². The number of ketones is 1. The molecule has 2 saturated carbocycles.